The molecule has 1 aliphatic rings. The Bertz CT molecular complexity index is 1060. The molecule has 0 radical (unpaired) electrons. The Morgan fingerprint density at radius 1 is 1.07 bits per heavy atom. The molecule has 3 aromatic rings. The van der Waals surface area contributed by atoms with Crippen molar-refractivity contribution < 1.29 is 19.4 Å². The Balaban J connectivity index is 1.44. The number of thiophene rings is 1. The predicted octanol–water partition coefficient (Wildman–Crippen LogP) is 4.90. The standard InChI is InChI=1S/C24H23NO4S/c1-14-11-16(15(2)30-14)12-22(23(26)27)25-24(28)29-13-21-19-9-5-3-7-17(19)18-8-4-6-10-20(18)21/h3-11,21-22H,12-13H2,1-2H3,(H,25,28)(H,26,27). The first kappa shape index (κ1) is 20.2. The number of rotatable bonds is 6. The van der Waals surface area contributed by atoms with Crippen LogP contribution in [0, 0.1) is 13.8 Å². The smallest absolute Gasteiger partial charge is 0.407 e. The van der Waals surface area contributed by atoms with E-state index in [4.69, 9.17) is 4.74 Å². The van der Waals surface area contributed by atoms with Crippen molar-refractivity contribution in [2.75, 3.05) is 6.61 Å². The van der Waals surface area contributed by atoms with Crippen LogP contribution in [-0.2, 0) is 16.0 Å². The third-order valence-corrected chi connectivity index (χ3v) is 6.51. The zero-order chi connectivity index (χ0) is 21.3. The van der Waals surface area contributed by atoms with Gasteiger partial charge in [0.15, 0.2) is 0 Å². The van der Waals surface area contributed by atoms with Gasteiger partial charge in [0, 0.05) is 22.1 Å². The molecule has 1 amide bonds. The molecule has 1 atom stereocenters. The van der Waals surface area contributed by atoms with Crippen LogP contribution < -0.4 is 5.32 Å². The summed E-state index contributed by atoms with van der Waals surface area (Å²) in [6.45, 7) is 4.10. The molecule has 4 rings (SSSR count). The van der Waals surface area contributed by atoms with Crippen molar-refractivity contribution in [1.29, 1.82) is 0 Å². The third-order valence-electron chi connectivity index (χ3n) is 5.50. The molecular weight excluding hydrogens is 398 g/mol. The topological polar surface area (TPSA) is 75.6 Å². The molecule has 0 bridgehead atoms. The monoisotopic (exact) mass is 421 g/mol. The third kappa shape index (κ3) is 3.96. The van der Waals surface area contributed by atoms with E-state index in [0.717, 1.165) is 37.6 Å². The fourth-order valence-electron chi connectivity index (χ4n) is 4.09. The molecule has 1 heterocycles. The Labute approximate surface area is 179 Å². The molecular formula is C24H23NO4S. The molecule has 30 heavy (non-hydrogen) atoms. The molecule has 0 aliphatic heterocycles. The number of carboxylic acid groups (broad SMARTS) is 1. The van der Waals surface area contributed by atoms with Crippen LogP contribution in [0.15, 0.2) is 54.6 Å². The highest BCUT2D eigenvalue weighted by molar-refractivity contribution is 7.12. The minimum Gasteiger partial charge on any atom is -0.480 e. The van der Waals surface area contributed by atoms with Crippen molar-refractivity contribution in [3.63, 3.8) is 0 Å². The summed E-state index contributed by atoms with van der Waals surface area (Å²) < 4.78 is 5.48. The molecule has 1 unspecified atom stereocenters. The largest absolute Gasteiger partial charge is 0.480 e. The molecule has 0 saturated carbocycles. The van der Waals surface area contributed by atoms with Gasteiger partial charge in [0.25, 0.3) is 0 Å². The normalized spacial score (nSPS) is 13.4. The number of ether oxygens (including phenoxy) is 1. The number of hydrogen-bond acceptors (Lipinski definition) is 4. The van der Waals surface area contributed by atoms with Crippen molar-refractivity contribution in [2.24, 2.45) is 0 Å². The first-order valence-corrected chi connectivity index (χ1v) is 10.7. The van der Waals surface area contributed by atoms with Gasteiger partial charge in [-0.3, -0.25) is 0 Å². The zero-order valence-corrected chi connectivity index (χ0v) is 17.7. The summed E-state index contributed by atoms with van der Waals surface area (Å²) >= 11 is 1.62. The Kier molecular flexibility index (Phi) is 5.59. The van der Waals surface area contributed by atoms with Crippen LogP contribution >= 0.6 is 11.3 Å². The van der Waals surface area contributed by atoms with Gasteiger partial charge >= 0.3 is 12.1 Å². The Morgan fingerprint density at radius 3 is 2.20 bits per heavy atom. The molecule has 154 valence electrons. The van der Waals surface area contributed by atoms with E-state index in [0.29, 0.717) is 0 Å². The van der Waals surface area contributed by atoms with Gasteiger partial charge in [-0.15, -0.1) is 11.3 Å². The molecule has 1 aliphatic carbocycles. The SMILES string of the molecule is Cc1cc(CC(NC(=O)OCC2c3ccccc3-c3ccccc32)C(=O)O)c(C)s1. The quantitative estimate of drug-likeness (QED) is 0.594. The van der Waals surface area contributed by atoms with Gasteiger partial charge < -0.3 is 15.2 Å². The van der Waals surface area contributed by atoms with Gasteiger partial charge in [-0.25, -0.2) is 9.59 Å². The molecule has 2 aromatic carbocycles. The molecule has 0 fully saturated rings. The summed E-state index contributed by atoms with van der Waals surface area (Å²) in [5.41, 5.74) is 5.46. The number of carboxylic acids is 1. The van der Waals surface area contributed by atoms with E-state index in [-0.39, 0.29) is 18.9 Å². The van der Waals surface area contributed by atoms with Crippen LogP contribution in [0.3, 0.4) is 0 Å². The summed E-state index contributed by atoms with van der Waals surface area (Å²) in [6, 6.07) is 17.1. The van der Waals surface area contributed by atoms with Gasteiger partial charge in [0.05, 0.1) is 0 Å². The number of aliphatic carboxylic acids is 1. The van der Waals surface area contributed by atoms with E-state index < -0.39 is 18.1 Å². The van der Waals surface area contributed by atoms with Gasteiger partial charge in [-0.05, 0) is 47.7 Å². The minimum absolute atomic E-state index is 0.0619. The Morgan fingerprint density at radius 2 is 1.67 bits per heavy atom. The number of carbonyl (C=O) groups is 2. The van der Waals surface area contributed by atoms with Gasteiger partial charge in [-0.1, -0.05) is 48.5 Å². The average molecular weight is 422 g/mol. The number of alkyl carbamates (subject to hydrolysis) is 1. The van der Waals surface area contributed by atoms with Crippen LogP contribution in [-0.4, -0.2) is 29.8 Å². The number of benzene rings is 2. The second-order valence-corrected chi connectivity index (χ2v) is 8.96. The molecule has 6 heteroatoms. The van der Waals surface area contributed by atoms with Crippen molar-refractivity contribution in [2.45, 2.75) is 32.2 Å². The van der Waals surface area contributed by atoms with Gasteiger partial charge in [0.1, 0.15) is 12.6 Å². The lowest BCUT2D eigenvalue weighted by atomic mass is 9.98. The maximum Gasteiger partial charge on any atom is 0.407 e. The molecule has 1 aromatic heterocycles. The van der Waals surface area contributed by atoms with E-state index in [9.17, 15) is 14.7 Å². The second kappa shape index (κ2) is 8.32. The van der Waals surface area contributed by atoms with E-state index in [1.165, 1.54) is 0 Å². The highest BCUT2D eigenvalue weighted by Gasteiger charge is 2.30. The predicted molar refractivity (Wildman–Crippen MR) is 117 cm³/mol. The van der Waals surface area contributed by atoms with Crippen LogP contribution in [0.1, 0.15) is 32.4 Å². The maximum atomic E-state index is 12.4. The van der Waals surface area contributed by atoms with Crippen LogP contribution in [0.5, 0.6) is 0 Å². The number of hydrogen-bond donors (Lipinski definition) is 2. The number of carbonyl (C=O) groups excluding carboxylic acids is 1. The second-order valence-electron chi connectivity index (χ2n) is 7.50. The van der Waals surface area contributed by atoms with Crippen LogP contribution in [0.2, 0.25) is 0 Å². The summed E-state index contributed by atoms with van der Waals surface area (Å²) in [5, 5.41) is 12.1. The summed E-state index contributed by atoms with van der Waals surface area (Å²) in [7, 11) is 0. The van der Waals surface area contributed by atoms with Crippen molar-refractivity contribution in [1.82, 2.24) is 5.32 Å². The van der Waals surface area contributed by atoms with E-state index in [2.05, 4.69) is 17.4 Å². The molecule has 5 nitrogen and oxygen atoms in total. The lowest BCUT2D eigenvalue weighted by Crippen LogP contribution is -2.43. The zero-order valence-electron chi connectivity index (χ0n) is 16.8. The number of nitrogens with one attached hydrogen (secondary N) is 1. The minimum atomic E-state index is -1.08. The lowest BCUT2D eigenvalue weighted by Gasteiger charge is -2.17. The molecule has 2 N–H and O–H groups in total. The first-order chi connectivity index (χ1) is 14.4. The first-order valence-electron chi connectivity index (χ1n) is 9.84. The maximum absolute atomic E-state index is 12.4. The van der Waals surface area contributed by atoms with Crippen molar-refractivity contribution in [3.8, 4) is 11.1 Å². The summed E-state index contributed by atoms with van der Waals surface area (Å²) in [6.07, 6.45) is -0.482. The van der Waals surface area contributed by atoms with Crippen molar-refractivity contribution in [3.05, 3.63) is 81.0 Å². The van der Waals surface area contributed by atoms with Crippen molar-refractivity contribution >= 4 is 23.4 Å². The fraction of sp³-hybridized carbons (Fsp3) is 0.250. The average Bonchev–Trinajstić information content (AvgIpc) is 3.22. The van der Waals surface area contributed by atoms with E-state index >= 15 is 0 Å². The number of fused-ring (bicyclic) bond motifs is 3. The summed E-state index contributed by atoms with van der Waals surface area (Å²) in [4.78, 5) is 26.3. The highest BCUT2D eigenvalue weighted by atomic mass is 32.1. The number of amides is 1. The lowest BCUT2D eigenvalue weighted by molar-refractivity contribution is -0.139. The van der Waals surface area contributed by atoms with E-state index in [1.807, 2.05) is 56.3 Å². The molecule has 0 saturated heterocycles. The fourth-order valence-corrected chi connectivity index (χ4v) is 5.05. The van der Waals surface area contributed by atoms with E-state index in [1.54, 1.807) is 11.3 Å². The highest BCUT2D eigenvalue weighted by Crippen LogP contribution is 2.44. The summed E-state index contributed by atoms with van der Waals surface area (Å²) in [5.74, 6) is -1.14. The van der Waals surface area contributed by atoms with Gasteiger partial charge in [0.2, 0.25) is 0 Å². The number of aryl methyl sites for hydroxylation is 2. The van der Waals surface area contributed by atoms with Crippen LogP contribution in [0.4, 0.5) is 4.79 Å². The molecule has 0 spiro atoms. The van der Waals surface area contributed by atoms with Gasteiger partial charge in [-0.2, -0.15) is 0 Å². The Hall–Kier alpha value is -3.12. The van der Waals surface area contributed by atoms with Crippen LogP contribution in [0.25, 0.3) is 11.1 Å².